The van der Waals surface area contributed by atoms with Gasteiger partial charge in [-0.05, 0) is 30.3 Å². The first kappa shape index (κ1) is 14.5. The van der Waals surface area contributed by atoms with Crippen molar-refractivity contribution in [2.75, 3.05) is 12.4 Å². The summed E-state index contributed by atoms with van der Waals surface area (Å²) in [5.74, 6) is 0.642. The molecule has 0 aliphatic carbocycles. The molecular weight excluding hydrogens is 293 g/mol. The highest BCUT2D eigenvalue weighted by molar-refractivity contribution is 6.32. The van der Waals surface area contributed by atoms with E-state index < -0.39 is 11.7 Å². The molecule has 0 spiro atoms. The third kappa shape index (κ3) is 3.33. The summed E-state index contributed by atoms with van der Waals surface area (Å²) in [7, 11) is 1.52. The fourth-order valence-electron chi connectivity index (χ4n) is 1.52. The summed E-state index contributed by atoms with van der Waals surface area (Å²) in [6, 6.07) is 7.60. The van der Waals surface area contributed by atoms with Gasteiger partial charge in [-0.1, -0.05) is 11.6 Å². The fourth-order valence-corrected chi connectivity index (χ4v) is 1.67. The van der Waals surface area contributed by atoms with E-state index in [0.29, 0.717) is 17.6 Å². The minimum absolute atomic E-state index is 0.0335. The Labute approximate surface area is 118 Å². The van der Waals surface area contributed by atoms with E-state index in [1.54, 1.807) is 24.3 Å². The van der Waals surface area contributed by atoms with Gasteiger partial charge in [-0.3, -0.25) is 0 Å². The highest BCUT2D eigenvalue weighted by Gasteiger charge is 2.31. The summed E-state index contributed by atoms with van der Waals surface area (Å²) < 4.78 is 42.8. The second-order valence-electron chi connectivity index (χ2n) is 3.91. The first-order valence-corrected chi connectivity index (χ1v) is 5.92. The summed E-state index contributed by atoms with van der Waals surface area (Å²) in [4.78, 5) is 3.53. The van der Waals surface area contributed by atoms with Gasteiger partial charge in [0.05, 0.1) is 18.4 Å². The van der Waals surface area contributed by atoms with Crippen LogP contribution in [0.3, 0.4) is 0 Å². The van der Waals surface area contributed by atoms with E-state index in [2.05, 4.69) is 10.3 Å². The van der Waals surface area contributed by atoms with Crippen molar-refractivity contribution in [3.05, 3.63) is 47.2 Å². The van der Waals surface area contributed by atoms with Crippen molar-refractivity contribution in [2.24, 2.45) is 0 Å². The van der Waals surface area contributed by atoms with Crippen LogP contribution in [-0.2, 0) is 6.18 Å². The molecule has 0 aliphatic heterocycles. The average molecular weight is 303 g/mol. The van der Waals surface area contributed by atoms with Crippen LogP contribution < -0.4 is 10.1 Å². The Kier molecular flexibility index (Phi) is 4.04. The zero-order valence-corrected chi connectivity index (χ0v) is 11.1. The molecule has 0 fully saturated rings. The molecule has 0 bridgehead atoms. The van der Waals surface area contributed by atoms with Crippen LogP contribution in [-0.4, -0.2) is 12.1 Å². The lowest BCUT2D eigenvalue weighted by Crippen LogP contribution is -2.06. The molecular formula is C13H10ClF3N2O. The van der Waals surface area contributed by atoms with Gasteiger partial charge in [0, 0.05) is 11.9 Å². The number of anilines is 2. The average Bonchev–Trinajstić information content (AvgIpc) is 2.41. The first-order valence-electron chi connectivity index (χ1n) is 5.54. The highest BCUT2D eigenvalue weighted by atomic mass is 35.5. The maximum atomic E-state index is 12.6. The smallest absolute Gasteiger partial charge is 0.417 e. The summed E-state index contributed by atoms with van der Waals surface area (Å²) >= 11 is 5.79. The molecule has 1 heterocycles. The molecule has 0 amide bonds. The molecule has 0 atom stereocenters. The van der Waals surface area contributed by atoms with Gasteiger partial charge in [-0.15, -0.1) is 0 Å². The van der Waals surface area contributed by atoms with Gasteiger partial charge in [0.25, 0.3) is 0 Å². The van der Waals surface area contributed by atoms with Crippen molar-refractivity contribution in [1.29, 1.82) is 0 Å². The Bertz CT molecular complexity index is 600. The van der Waals surface area contributed by atoms with Crippen molar-refractivity contribution < 1.29 is 17.9 Å². The molecule has 0 saturated heterocycles. The number of nitrogens with zero attached hydrogens (tertiary/aromatic N) is 1. The number of alkyl halides is 3. The van der Waals surface area contributed by atoms with Crippen molar-refractivity contribution in [2.45, 2.75) is 6.18 Å². The van der Waals surface area contributed by atoms with E-state index >= 15 is 0 Å². The number of ether oxygens (including phenoxy) is 1. The number of aromatic nitrogens is 1. The number of hydrogen-bond donors (Lipinski definition) is 1. The summed E-state index contributed by atoms with van der Waals surface area (Å²) in [6.45, 7) is 0. The van der Waals surface area contributed by atoms with Gasteiger partial charge >= 0.3 is 6.18 Å². The lowest BCUT2D eigenvalue weighted by molar-refractivity contribution is -0.137. The normalized spacial score (nSPS) is 11.2. The van der Waals surface area contributed by atoms with Crippen molar-refractivity contribution in [1.82, 2.24) is 4.98 Å². The summed E-state index contributed by atoms with van der Waals surface area (Å²) in [5.41, 5.74) is -0.196. The minimum atomic E-state index is -4.46. The van der Waals surface area contributed by atoms with E-state index in [0.717, 1.165) is 6.07 Å². The summed E-state index contributed by atoms with van der Waals surface area (Å²) in [5, 5.41) is 2.75. The van der Waals surface area contributed by atoms with E-state index in [9.17, 15) is 13.2 Å². The molecule has 20 heavy (non-hydrogen) atoms. The van der Waals surface area contributed by atoms with Crippen molar-refractivity contribution in [3.63, 3.8) is 0 Å². The van der Waals surface area contributed by atoms with Crippen LogP contribution in [0.2, 0.25) is 5.15 Å². The zero-order valence-electron chi connectivity index (χ0n) is 10.3. The molecule has 0 aliphatic rings. The predicted molar refractivity (Wildman–Crippen MR) is 70.5 cm³/mol. The minimum Gasteiger partial charge on any atom is -0.497 e. The number of benzene rings is 1. The van der Waals surface area contributed by atoms with Crippen molar-refractivity contribution >= 4 is 23.0 Å². The SMILES string of the molecule is COc1ccc(Nc2cc(C(F)(F)F)cnc2Cl)cc1. The number of rotatable bonds is 3. The van der Waals surface area contributed by atoms with Crippen LogP contribution in [0, 0.1) is 0 Å². The number of halogens is 4. The maximum Gasteiger partial charge on any atom is 0.417 e. The van der Waals surface area contributed by atoms with Crippen LogP contribution in [0.4, 0.5) is 24.5 Å². The van der Waals surface area contributed by atoms with Gasteiger partial charge < -0.3 is 10.1 Å². The molecule has 106 valence electrons. The zero-order chi connectivity index (χ0) is 14.8. The molecule has 0 radical (unpaired) electrons. The quantitative estimate of drug-likeness (QED) is 0.847. The predicted octanol–water partition coefficient (Wildman–Crippen LogP) is 4.51. The van der Waals surface area contributed by atoms with Crippen molar-refractivity contribution in [3.8, 4) is 5.75 Å². The number of nitrogens with one attached hydrogen (secondary N) is 1. The van der Waals surface area contributed by atoms with Crippen LogP contribution in [0.5, 0.6) is 5.75 Å². The molecule has 0 saturated carbocycles. The molecule has 1 N–H and O–H groups in total. The second kappa shape index (κ2) is 5.58. The molecule has 7 heteroatoms. The largest absolute Gasteiger partial charge is 0.497 e. The lowest BCUT2D eigenvalue weighted by atomic mass is 10.2. The fraction of sp³-hybridized carbons (Fsp3) is 0.154. The van der Waals surface area contributed by atoms with Gasteiger partial charge in [0.1, 0.15) is 5.75 Å². The number of pyridine rings is 1. The Morgan fingerprint density at radius 1 is 1.20 bits per heavy atom. The number of methoxy groups -OCH3 is 1. The van der Waals surface area contributed by atoms with Gasteiger partial charge in [-0.2, -0.15) is 13.2 Å². The van der Waals surface area contributed by atoms with Crippen LogP contribution in [0.25, 0.3) is 0 Å². The van der Waals surface area contributed by atoms with E-state index in [1.165, 1.54) is 7.11 Å². The van der Waals surface area contributed by atoms with E-state index in [1.807, 2.05) is 0 Å². The number of hydrogen-bond acceptors (Lipinski definition) is 3. The molecule has 1 aromatic heterocycles. The van der Waals surface area contributed by atoms with E-state index in [-0.39, 0.29) is 10.8 Å². The molecule has 3 nitrogen and oxygen atoms in total. The second-order valence-corrected chi connectivity index (χ2v) is 4.27. The van der Waals surface area contributed by atoms with Gasteiger partial charge in [-0.25, -0.2) is 4.98 Å². The summed E-state index contributed by atoms with van der Waals surface area (Å²) in [6.07, 6.45) is -3.77. The Hall–Kier alpha value is -1.95. The van der Waals surface area contributed by atoms with Crippen LogP contribution in [0.15, 0.2) is 36.5 Å². The Morgan fingerprint density at radius 2 is 1.85 bits per heavy atom. The third-order valence-electron chi connectivity index (χ3n) is 2.54. The van der Waals surface area contributed by atoms with Crippen LogP contribution in [0.1, 0.15) is 5.56 Å². The molecule has 0 unspecified atom stereocenters. The Morgan fingerprint density at radius 3 is 2.40 bits per heavy atom. The maximum absolute atomic E-state index is 12.6. The van der Waals surface area contributed by atoms with Crippen LogP contribution >= 0.6 is 11.6 Å². The van der Waals surface area contributed by atoms with Gasteiger partial charge in [0.2, 0.25) is 0 Å². The first-order chi connectivity index (χ1) is 9.40. The monoisotopic (exact) mass is 302 g/mol. The standard InChI is InChI=1S/C13H10ClF3N2O/c1-20-10-4-2-9(3-5-10)19-11-6-8(13(15,16)17)7-18-12(11)14/h2-7,19H,1H3. The topological polar surface area (TPSA) is 34.1 Å². The highest BCUT2D eigenvalue weighted by Crippen LogP contribution is 2.33. The van der Waals surface area contributed by atoms with E-state index in [4.69, 9.17) is 16.3 Å². The molecule has 2 rings (SSSR count). The Balaban J connectivity index is 2.27. The van der Waals surface area contributed by atoms with Gasteiger partial charge in [0.15, 0.2) is 5.15 Å². The molecule has 2 aromatic rings. The third-order valence-corrected chi connectivity index (χ3v) is 2.84. The molecule has 1 aromatic carbocycles. The lowest BCUT2D eigenvalue weighted by Gasteiger charge is -2.12.